The van der Waals surface area contributed by atoms with E-state index >= 15 is 0 Å². The Hall–Kier alpha value is -3.06. The highest BCUT2D eigenvalue weighted by molar-refractivity contribution is 7.13. The molecule has 3 rings (SSSR count). The molecule has 0 aliphatic heterocycles. The van der Waals surface area contributed by atoms with Gasteiger partial charge >= 0.3 is 0 Å². The van der Waals surface area contributed by atoms with Gasteiger partial charge in [0.2, 0.25) is 5.91 Å². The Morgan fingerprint density at radius 1 is 1.12 bits per heavy atom. The van der Waals surface area contributed by atoms with E-state index in [0.717, 1.165) is 28.4 Å². The van der Waals surface area contributed by atoms with Crippen LogP contribution >= 0.6 is 11.3 Å². The lowest BCUT2D eigenvalue weighted by atomic mass is 10.1. The minimum atomic E-state index is -0.124. The molecule has 25 heavy (non-hydrogen) atoms. The first-order valence-corrected chi connectivity index (χ1v) is 8.51. The highest BCUT2D eigenvalue weighted by Crippen LogP contribution is 2.24. The summed E-state index contributed by atoms with van der Waals surface area (Å²) in [6.07, 6.45) is 0. The second kappa shape index (κ2) is 7.67. The molecule has 1 amide bonds. The number of thiazole rings is 1. The molecule has 0 fully saturated rings. The van der Waals surface area contributed by atoms with Crippen LogP contribution in [0.15, 0.2) is 53.9 Å². The van der Waals surface area contributed by atoms with E-state index in [2.05, 4.69) is 15.6 Å². The van der Waals surface area contributed by atoms with Crippen LogP contribution in [0.4, 0.5) is 16.5 Å². The van der Waals surface area contributed by atoms with Crippen LogP contribution in [0.5, 0.6) is 5.75 Å². The van der Waals surface area contributed by atoms with Gasteiger partial charge in [-0.15, -0.1) is 11.3 Å². The highest BCUT2D eigenvalue weighted by Gasteiger charge is 2.05. The molecule has 0 radical (unpaired) electrons. The lowest BCUT2D eigenvalue weighted by molar-refractivity contribution is -0.114. The fraction of sp³-hybridized carbons (Fsp3) is 0.111. The average Bonchev–Trinajstić information content (AvgIpc) is 3.07. The van der Waals surface area contributed by atoms with E-state index in [-0.39, 0.29) is 12.5 Å². The fourth-order valence-corrected chi connectivity index (χ4v) is 2.81. The number of anilines is 3. The van der Waals surface area contributed by atoms with Gasteiger partial charge in [0.1, 0.15) is 5.75 Å². The summed E-state index contributed by atoms with van der Waals surface area (Å²) in [5.41, 5.74) is 9.03. The van der Waals surface area contributed by atoms with Gasteiger partial charge in [-0.3, -0.25) is 4.79 Å². The molecule has 0 bridgehead atoms. The van der Waals surface area contributed by atoms with Gasteiger partial charge in [-0.25, -0.2) is 4.98 Å². The van der Waals surface area contributed by atoms with Crippen molar-refractivity contribution in [1.82, 2.24) is 4.98 Å². The van der Waals surface area contributed by atoms with Gasteiger partial charge in [-0.2, -0.15) is 0 Å². The van der Waals surface area contributed by atoms with Crippen molar-refractivity contribution in [3.05, 3.63) is 53.9 Å². The summed E-state index contributed by atoms with van der Waals surface area (Å²) in [5.74, 6) is 0.651. The molecule has 128 valence electrons. The van der Waals surface area contributed by atoms with E-state index in [0.29, 0.717) is 5.13 Å². The number of hydrogen-bond acceptors (Lipinski definition) is 6. The molecule has 0 aliphatic rings. The first-order valence-electron chi connectivity index (χ1n) is 7.63. The summed E-state index contributed by atoms with van der Waals surface area (Å²) >= 11 is 1.40. The minimum Gasteiger partial charge on any atom is -0.497 e. The van der Waals surface area contributed by atoms with Crippen LogP contribution in [-0.4, -0.2) is 24.5 Å². The molecule has 0 spiro atoms. The van der Waals surface area contributed by atoms with Crippen molar-refractivity contribution in [3.8, 4) is 17.0 Å². The van der Waals surface area contributed by atoms with Crippen LogP contribution in [-0.2, 0) is 4.79 Å². The number of rotatable bonds is 6. The molecule has 0 saturated heterocycles. The Labute approximate surface area is 149 Å². The quantitative estimate of drug-likeness (QED) is 0.631. The second-order valence-electron chi connectivity index (χ2n) is 5.28. The summed E-state index contributed by atoms with van der Waals surface area (Å²) in [4.78, 5) is 16.3. The molecule has 0 aliphatic carbocycles. The predicted octanol–water partition coefficient (Wildman–Crippen LogP) is 3.45. The van der Waals surface area contributed by atoms with E-state index in [1.54, 1.807) is 7.11 Å². The van der Waals surface area contributed by atoms with Crippen LogP contribution in [0, 0.1) is 0 Å². The van der Waals surface area contributed by atoms with Crippen LogP contribution in [0.3, 0.4) is 0 Å². The van der Waals surface area contributed by atoms with Crippen molar-refractivity contribution < 1.29 is 9.53 Å². The summed E-state index contributed by atoms with van der Waals surface area (Å²) in [6.45, 7) is 0.177. The van der Waals surface area contributed by atoms with E-state index in [9.17, 15) is 4.79 Å². The topological polar surface area (TPSA) is 89.3 Å². The van der Waals surface area contributed by atoms with Gasteiger partial charge in [-0.05, 0) is 36.4 Å². The first-order chi connectivity index (χ1) is 12.1. The van der Waals surface area contributed by atoms with Crippen molar-refractivity contribution in [1.29, 1.82) is 0 Å². The fourth-order valence-electron chi connectivity index (χ4n) is 2.24. The Bertz CT molecular complexity index is 844. The van der Waals surface area contributed by atoms with E-state index in [1.165, 1.54) is 11.3 Å². The number of benzene rings is 2. The van der Waals surface area contributed by atoms with Gasteiger partial charge in [0.05, 0.1) is 19.3 Å². The number of aromatic nitrogens is 1. The molecule has 2 aromatic carbocycles. The number of ether oxygens (including phenoxy) is 1. The zero-order valence-corrected chi connectivity index (χ0v) is 14.5. The van der Waals surface area contributed by atoms with Gasteiger partial charge < -0.3 is 21.1 Å². The maximum absolute atomic E-state index is 12.0. The van der Waals surface area contributed by atoms with Crippen LogP contribution in [0.25, 0.3) is 11.3 Å². The molecule has 1 heterocycles. The lowest BCUT2D eigenvalue weighted by Gasteiger charge is -2.09. The Kier molecular flexibility index (Phi) is 5.15. The third-order valence-corrected chi connectivity index (χ3v) is 4.20. The number of nitrogen functional groups attached to an aromatic ring is 1. The van der Waals surface area contributed by atoms with Crippen LogP contribution in [0.2, 0.25) is 0 Å². The minimum absolute atomic E-state index is 0.124. The maximum atomic E-state index is 12.0. The second-order valence-corrected chi connectivity index (χ2v) is 6.17. The summed E-state index contributed by atoms with van der Waals surface area (Å²) in [7, 11) is 1.62. The maximum Gasteiger partial charge on any atom is 0.243 e. The molecule has 6 nitrogen and oxygen atoms in total. The Balaban J connectivity index is 1.53. The van der Waals surface area contributed by atoms with Crippen molar-refractivity contribution >= 4 is 33.8 Å². The van der Waals surface area contributed by atoms with Crippen molar-refractivity contribution in [2.24, 2.45) is 0 Å². The standard InChI is InChI=1S/C18H18N4O2S/c1-24-15-8-6-13(7-9-15)20-10-17(23)21-14-4-2-12(3-5-14)16-11-25-18(19)22-16/h2-9,11,20H,10H2,1H3,(H2,19,22)(H,21,23). The number of carbonyl (C=O) groups excluding carboxylic acids is 1. The summed E-state index contributed by atoms with van der Waals surface area (Å²) < 4.78 is 5.10. The van der Waals surface area contributed by atoms with E-state index in [4.69, 9.17) is 10.5 Å². The number of methoxy groups -OCH3 is 1. The monoisotopic (exact) mass is 354 g/mol. The number of hydrogen-bond donors (Lipinski definition) is 3. The Morgan fingerprint density at radius 2 is 1.80 bits per heavy atom. The average molecular weight is 354 g/mol. The van der Waals surface area contributed by atoms with Gasteiger partial charge in [-0.1, -0.05) is 12.1 Å². The molecular formula is C18H18N4O2S. The van der Waals surface area contributed by atoms with E-state index in [1.807, 2.05) is 53.9 Å². The molecule has 4 N–H and O–H groups in total. The molecule has 1 aromatic heterocycles. The van der Waals surface area contributed by atoms with Crippen molar-refractivity contribution in [3.63, 3.8) is 0 Å². The molecular weight excluding hydrogens is 336 g/mol. The molecule has 0 atom stereocenters. The third-order valence-electron chi connectivity index (χ3n) is 3.53. The molecule has 3 aromatic rings. The SMILES string of the molecule is COc1ccc(NCC(=O)Nc2ccc(-c3csc(N)n3)cc2)cc1. The highest BCUT2D eigenvalue weighted by atomic mass is 32.1. The van der Waals surface area contributed by atoms with Crippen LogP contribution in [0.1, 0.15) is 0 Å². The summed E-state index contributed by atoms with van der Waals surface area (Å²) in [5, 5.41) is 8.36. The van der Waals surface area contributed by atoms with Gasteiger partial charge in [0, 0.05) is 22.3 Å². The van der Waals surface area contributed by atoms with Gasteiger partial charge in [0.15, 0.2) is 5.13 Å². The zero-order chi connectivity index (χ0) is 17.6. The number of carbonyl (C=O) groups is 1. The molecule has 0 saturated carbocycles. The number of nitrogens with zero attached hydrogens (tertiary/aromatic N) is 1. The molecule has 0 unspecified atom stereocenters. The lowest BCUT2D eigenvalue weighted by Crippen LogP contribution is -2.21. The largest absolute Gasteiger partial charge is 0.497 e. The molecule has 7 heteroatoms. The summed E-state index contributed by atoms with van der Waals surface area (Å²) in [6, 6.07) is 14.9. The first kappa shape index (κ1) is 16.8. The number of nitrogens with two attached hydrogens (primary N) is 1. The smallest absolute Gasteiger partial charge is 0.243 e. The number of amides is 1. The third kappa shape index (κ3) is 4.48. The number of nitrogens with one attached hydrogen (secondary N) is 2. The predicted molar refractivity (Wildman–Crippen MR) is 102 cm³/mol. The van der Waals surface area contributed by atoms with Gasteiger partial charge in [0.25, 0.3) is 0 Å². The van der Waals surface area contributed by atoms with Crippen molar-refractivity contribution in [2.45, 2.75) is 0 Å². The van der Waals surface area contributed by atoms with E-state index < -0.39 is 0 Å². The van der Waals surface area contributed by atoms with Crippen LogP contribution < -0.4 is 21.1 Å². The normalized spacial score (nSPS) is 10.3. The van der Waals surface area contributed by atoms with Crippen molar-refractivity contribution in [2.75, 3.05) is 30.0 Å². The Morgan fingerprint density at radius 3 is 2.40 bits per heavy atom. The zero-order valence-electron chi connectivity index (χ0n) is 13.7.